The van der Waals surface area contributed by atoms with E-state index in [9.17, 15) is 14.7 Å². The first-order chi connectivity index (χ1) is 11.1. The van der Waals surface area contributed by atoms with Crippen LogP contribution in [0.3, 0.4) is 0 Å². The molecule has 7 heteroatoms. The molecule has 2 heterocycles. The summed E-state index contributed by atoms with van der Waals surface area (Å²) < 4.78 is 6.65. The Hall–Kier alpha value is -2.86. The molecular weight excluding hydrogens is 332 g/mol. The molecule has 0 aliphatic carbocycles. The van der Waals surface area contributed by atoms with Gasteiger partial charge in [0.15, 0.2) is 0 Å². The highest BCUT2D eigenvalue weighted by atomic mass is 35.5. The summed E-state index contributed by atoms with van der Waals surface area (Å²) in [5.41, 5.74) is 0.343. The summed E-state index contributed by atoms with van der Waals surface area (Å²) in [5, 5.41) is 9.85. The number of carbonyl (C=O) groups is 1. The molecule has 1 N–H and O–H groups in total. The van der Waals surface area contributed by atoms with Gasteiger partial charge in [-0.05, 0) is 24.3 Å². The van der Waals surface area contributed by atoms with Crippen LogP contribution in [-0.4, -0.2) is 27.7 Å². The Morgan fingerprint density at radius 3 is 2.71 bits per heavy atom. The molecule has 0 saturated carbocycles. The van der Waals surface area contributed by atoms with E-state index in [-0.39, 0.29) is 24.5 Å². The van der Waals surface area contributed by atoms with Crippen LogP contribution >= 0.6 is 12.4 Å². The van der Waals surface area contributed by atoms with Crippen LogP contribution in [0.1, 0.15) is 15.9 Å². The van der Waals surface area contributed by atoms with Gasteiger partial charge in [0.2, 0.25) is 0 Å². The van der Waals surface area contributed by atoms with Gasteiger partial charge in [0.1, 0.15) is 17.0 Å². The van der Waals surface area contributed by atoms with Gasteiger partial charge in [-0.2, -0.15) is 0 Å². The van der Waals surface area contributed by atoms with Gasteiger partial charge >= 0.3 is 5.97 Å². The van der Waals surface area contributed by atoms with E-state index in [1.165, 1.54) is 10.6 Å². The quantitative estimate of drug-likeness (QED) is 0.785. The maximum Gasteiger partial charge on any atom is 0.341 e. The number of aromatic nitrogens is 2. The van der Waals surface area contributed by atoms with Gasteiger partial charge in [-0.15, -0.1) is 12.4 Å². The zero-order valence-corrected chi connectivity index (χ0v) is 13.6. The second-order valence-corrected chi connectivity index (χ2v) is 4.98. The number of aromatic carboxylic acids is 1. The molecule has 3 rings (SSSR count). The maximum atomic E-state index is 12.5. The summed E-state index contributed by atoms with van der Waals surface area (Å²) >= 11 is 0. The minimum absolute atomic E-state index is 0. The highest BCUT2D eigenvalue weighted by Crippen LogP contribution is 2.20. The fourth-order valence-corrected chi connectivity index (χ4v) is 2.51. The molecule has 6 nitrogen and oxygen atoms in total. The first-order valence-corrected chi connectivity index (χ1v) is 6.95. The van der Waals surface area contributed by atoms with E-state index in [4.69, 9.17) is 4.74 Å². The summed E-state index contributed by atoms with van der Waals surface area (Å²) in [4.78, 5) is 28.1. The number of halogens is 1. The average Bonchev–Trinajstić information content (AvgIpc) is 2.57. The summed E-state index contributed by atoms with van der Waals surface area (Å²) in [5.74, 6) is -0.626. The number of hydrogen-bond acceptors (Lipinski definition) is 4. The lowest BCUT2D eigenvalue weighted by Crippen LogP contribution is -2.27. The second-order valence-electron chi connectivity index (χ2n) is 4.98. The molecule has 1 aromatic carbocycles. The molecule has 0 bridgehead atoms. The molecule has 24 heavy (non-hydrogen) atoms. The Balaban J connectivity index is 0.00000208. The van der Waals surface area contributed by atoms with Crippen molar-refractivity contribution >= 4 is 29.4 Å². The Morgan fingerprint density at radius 1 is 1.25 bits per heavy atom. The van der Waals surface area contributed by atoms with Crippen molar-refractivity contribution in [1.82, 2.24) is 9.55 Å². The number of carboxylic acid groups (broad SMARTS) is 1. The monoisotopic (exact) mass is 346 g/mol. The fourth-order valence-electron chi connectivity index (χ4n) is 2.51. The van der Waals surface area contributed by atoms with Gasteiger partial charge < -0.3 is 9.84 Å². The van der Waals surface area contributed by atoms with E-state index in [2.05, 4.69) is 4.98 Å². The van der Waals surface area contributed by atoms with Crippen LogP contribution in [0.2, 0.25) is 0 Å². The number of para-hydroxylation sites is 1. The number of hydrogen-bond donors (Lipinski definition) is 1. The first-order valence-electron chi connectivity index (χ1n) is 6.95. The number of nitrogens with zero attached hydrogens (tertiary/aromatic N) is 2. The number of pyridine rings is 2. The molecule has 0 amide bonds. The normalized spacial score (nSPS) is 10.2. The fraction of sp³-hybridized carbons (Fsp3) is 0.118. The SMILES string of the molecule is COc1ccccc1Cn1c(=O)c(C(=O)O)cc2cccnc21.Cl. The minimum Gasteiger partial charge on any atom is -0.496 e. The van der Waals surface area contributed by atoms with E-state index in [0.717, 1.165) is 5.56 Å². The molecule has 0 atom stereocenters. The molecule has 0 fully saturated rings. The van der Waals surface area contributed by atoms with Crippen LogP contribution in [0.15, 0.2) is 53.5 Å². The molecular formula is C17H15ClN2O4. The summed E-state index contributed by atoms with van der Waals surface area (Å²) in [6.07, 6.45) is 1.57. The summed E-state index contributed by atoms with van der Waals surface area (Å²) in [6, 6.07) is 12.1. The number of ether oxygens (including phenoxy) is 1. The van der Waals surface area contributed by atoms with Crippen LogP contribution in [0.25, 0.3) is 11.0 Å². The Bertz CT molecular complexity index is 953. The maximum absolute atomic E-state index is 12.5. The smallest absolute Gasteiger partial charge is 0.341 e. The molecule has 0 radical (unpaired) electrons. The Labute approximate surface area is 143 Å². The van der Waals surface area contributed by atoms with Crippen molar-refractivity contribution in [2.75, 3.05) is 7.11 Å². The first kappa shape index (κ1) is 17.5. The number of benzene rings is 1. The Morgan fingerprint density at radius 2 is 2.00 bits per heavy atom. The predicted octanol–water partition coefficient (Wildman–Crippen LogP) is 2.57. The lowest BCUT2D eigenvalue weighted by atomic mass is 10.1. The molecule has 0 spiro atoms. The lowest BCUT2D eigenvalue weighted by molar-refractivity contribution is 0.0694. The second kappa shape index (κ2) is 7.14. The zero-order valence-electron chi connectivity index (χ0n) is 12.8. The Kier molecular flexibility index (Phi) is 5.21. The van der Waals surface area contributed by atoms with Crippen molar-refractivity contribution < 1.29 is 14.6 Å². The number of methoxy groups -OCH3 is 1. The third kappa shape index (κ3) is 3.09. The predicted molar refractivity (Wildman–Crippen MR) is 92.3 cm³/mol. The van der Waals surface area contributed by atoms with E-state index >= 15 is 0 Å². The third-order valence-corrected chi connectivity index (χ3v) is 3.60. The molecule has 0 unspecified atom stereocenters. The van der Waals surface area contributed by atoms with Crippen LogP contribution in [0, 0.1) is 0 Å². The lowest BCUT2D eigenvalue weighted by Gasteiger charge is -2.13. The standard InChI is InChI=1S/C17H14N2O4.ClH/c1-23-14-7-3-2-5-12(14)10-19-15-11(6-4-8-18-15)9-13(16(19)20)17(21)22;/h2-9H,10H2,1H3,(H,21,22);1H. The van der Waals surface area contributed by atoms with Crippen LogP contribution in [0.5, 0.6) is 5.75 Å². The topological polar surface area (TPSA) is 81.4 Å². The highest BCUT2D eigenvalue weighted by Gasteiger charge is 2.16. The van der Waals surface area contributed by atoms with Crippen molar-refractivity contribution in [3.05, 3.63) is 70.1 Å². The minimum atomic E-state index is -1.26. The molecule has 0 aliphatic rings. The largest absolute Gasteiger partial charge is 0.496 e. The molecule has 2 aromatic heterocycles. The van der Waals surface area contributed by atoms with Gasteiger partial charge in [0.25, 0.3) is 5.56 Å². The number of fused-ring (bicyclic) bond motifs is 1. The third-order valence-electron chi connectivity index (χ3n) is 3.60. The molecule has 0 aliphatic heterocycles. The molecule has 124 valence electrons. The summed E-state index contributed by atoms with van der Waals surface area (Å²) in [6.45, 7) is 0.178. The average molecular weight is 347 g/mol. The number of carboxylic acids is 1. The number of rotatable bonds is 4. The van der Waals surface area contributed by atoms with Crippen LogP contribution < -0.4 is 10.3 Å². The van der Waals surface area contributed by atoms with Gasteiger partial charge in [-0.3, -0.25) is 9.36 Å². The van der Waals surface area contributed by atoms with Crippen molar-refractivity contribution in [2.24, 2.45) is 0 Å². The van der Waals surface area contributed by atoms with E-state index in [1.54, 1.807) is 31.5 Å². The van der Waals surface area contributed by atoms with Crippen LogP contribution in [0.4, 0.5) is 0 Å². The van der Waals surface area contributed by atoms with Gasteiger partial charge in [-0.1, -0.05) is 18.2 Å². The van der Waals surface area contributed by atoms with Crippen molar-refractivity contribution in [3.8, 4) is 5.75 Å². The zero-order chi connectivity index (χ0) is 16.4. The van der Waals surface area contributed by atoms with Crippen molar-refractivity contribution in [2.45, 2.75) is 6.54 Å². The van der Waals surface area contributed by atoms with E-state index in [1.807, 2.05) is 18.2 Å². The van der Waals surface area contributed by atoms with E-state index < -0.39 is 11.5 Å². The van der Waals surface area contributed by atoms with Crippen molar-refractivity contribution in [1.29, 1.82) is 0 Å². The highest BCUT2D eigenvalue weighted by molar-refractivity contribution is 5.91. The summed E-state index contributed by atoms with van der Waals surface area (Å²) in [7, 11) is 1.55. The van der Waals surface area contributed by atoms with Crippen molar-refractivity contribution in [3.63, 3.8) is 0 Å². The van der Waals surface area contributed by atoms with E-state index in [0.29, 0.717) is 16.8 Å². The molecule has 0 saturated heterocycles. The van der Waals surface area contributed by atoms with Gasteiger partial charge in [0, 0.05) is 17.1 Å². The van der Waals surface area contributed by atoms with Gasteiger partial charge in [-0.25, -0.2) is 9.78 Å². The van der Waals surface area contributed by atoms with Gasteiger partial charge in [0.05, 0.1) is 13.7 Å². The van der Waals surface area contributed by atoms with Crippen LogP contribution in [-0.2, 0) is 6.54 Å². The molecule has 3 aromatic rings.